The minimum atomic E-state index is -0.446. The van der Waals surface area contributed by atoms with E-state index in [4.69, 9.17) is 10.5 Å². The maximum Gasteiger partial charge on any atom is 0.346 e. The van der Waals surface area contributed by atoms with Gasteiger partial charge in [0.05, 0.1) is 12.6 Å². The molecular weight excluding hydrogens is 266 g/mol. The molecule has 1 heterocycles. The zero-order valence-corrected chi connectivity index (χ0v) is 12.5. The third kappa shape index (κ3) is 2.48. The predicted molar refractivity (Wildman–Crippen MR) is 81.6 cm³/mol. The third-order valence-electron chi connectivity index (χ3n) is 4.48. The highest BCUT2D eigenvalue weighted by molar-refractivity contribution is 6.05. The Bertz CT molecular complexity index is 578. The van der Waals surface area contributed by atoms with Gasteiger partial charge in [0.25, 0.3) is 0 Å². The summed E-state index contributed by atoms with van der Waals surface area (Å²) in [4.78, 5) is 17.9. The Kier molecular flexibility index (Phi) is 3.35. The number of amidine groups is 1. The normalized spacial score (nSPS) is 25.1. The molecule has 2 amide bonds. The van der Waals surface area contributed by atoms with E-state index >= 15 is 0 Å². The molecule has 1 aromatic rings. The predicted octanol–water partition coefficient (Wildman–Crippen LogP) is 2.34. The Morgan fingerprint density at radius 3 is 2.62 bits per heavy atom. The van der Waals surface area contributed by atoms with E-state index in [1.165, 1.54) is 5.56 Å². The van der Waals surface area contributed by atoms with Gasteiger partial charge in [0.1, 0.15) is 11.6 Å². The highest BCUT2D eigenvalue weighted by atomic mass is 16.5. The summed E-state index contributed by atoms with van der Waals surface area (Å²) in [6.07, 6.45) is 3.77. The Balaban J connectivity index is 1.72. The SMILES string of the molecule is COc1ccc(CCC2(C)C(N)=NC(=O)N2C2CC2)cc1. The topological polar surface area (TPSA) is 67.9 Å². The molecule has 2 N–H and O–H groups in total. The van der Waals surface area contributed by atoms with Crippen LogP contribution in [-0.2, 0) is 6.42 Å². The molecule has 5 nitrogen and oxygen atoms in total. The highest BCUT2D eigenvalue weighted by Gasteiger charge is 2.50. The number of amides is 2. The lowest BCUT2D eigenvalue weighted by atomic mass is 9.91. The quantitative estimate of drug-likeness (QED) is 0.903. The molecule has 0 spiro atoms. The first-order valence-corrected chi connectivity index (χ1v) is 7.35. The summed E-state index contributed by atoms with van der Waals surface area (Å²) in [5.41, 5.74) is 6.80. The second kappa shape index (κ2) is 5.06. The van der Waals surface area contributed by atoms with Crippen molar-refractivity contribution < 1.29 is 9.53 Å². The molecule has 21 heavy (non-hydrogen) atoms. The summed E-state index contributed by atoms with van der Waals surface area (Å²) < 4.78 is 5.16. The molecule has 1 atom stereocenters. The first-order valence-electron chi connectivity index (χ1n) is 7.35. The molecule has 1 fully saturated rings. The fraction of sp³-hybridized carbons (Fsp3) is 0.500. The van der Waals surface area contributed by atoms with E-state index in [0.29, 0.717) is 11.9 Å². The van der Waals surface area contributed by atoms with Gasteiger partial charge in [-0.1, -0.05) is 12.1 Å². The van der Waals surface area contributed by atoms with Crippen LogP contribution in [0.4, 0.5) is 4.79 Å². The van der Waals surface area contributed by atoms with E-state index in [1.807, 2.05) is 36.1 Å². The summed E-state index contributed by atoms with van der Waals surface area (Å²) in [7, 11) is 1.66. The van der Waals surface area contributed by atoms with E-state index in [1.54, 1.807) is 7.11 Å². The molecule has 112 valence electrons. The van der Waals surface area contributed by atoms with Gasteiger partial charge in [-0.15, -0.1) is 0 Å². The number of aliphatic imine (C=N–C) groups is 1. The van der Waals surface area contributed by atoms with Gasteiger partial charge >= 0.3 is 6.03 Å². The molecule has 1 aliphatic heterocycles. The van der Waals surface area contributed by atoms with E-state index in [9.17, 15) is 4.79 Å². The van der Waals surface area contributed by atoms with Crippen molar-refractivity contribution in [2.45, 2.75) is 44.2 Å². The first kappa shape index (κ1) is 13.9. The Hall–Kier alpha value is -2.04. The van der Waals surface area contributed by atoms with Crippen molar-refractivity contribution in [3.05, 3.63) is 29.8 Å². The molecule has 0 aromatic heterocycles. The summed E-state index contributed by atoms with van der Waals surface area (Å²) in [5.74, 6) is 1.30. The number of benzene rings is 1. The number of rotatable bonds is 5. The molecule has 1 unspecified atom stereocenters. The highest BCUT2D eigenvalue weighted by Crippen LogP contribution is 2.38. The number of urea groups is 1. The number of carbonyl (C=O) groups is 1. The number of methoxy groups -OCH3 is 1. The second-order valence-corrected chi connectivity index (χ2v) is 6.00. The van der Waals surface area contributed by atoms with Gasteiger partial charge in [-0.2, -0.15) is 4.99 Å². The van der Waals surface area contributed by atoms with E-state index < -0.39 is 5.54 Å². The van der Waals surface area contributed by atoms with Gasteiger partial charge < -0.3 is 15.4 Å². The van der Waals surface area contributed by atoms with Crippen molar-refractivity contribution in [1.29, 1.82) is 0 Å². The smallest absolute Gasteiger partial charge is 0.346 e. The largest absolute Gasteiger partial charge is 0.497 e. The summed E-state index contributed by atoms with van der Waals surface area (Å²) in [5, 5.41) is 0. The van der Waals surface area contributed by atoms with Crippen LogP contribution in [0.2, 0.25) is 0 Å². The van der Waals surface area contributed by atoms with Crippen LogP contribution in [0, 0.1) is 0 Å². The van der Waals surface area contributed by atoms with Crippen molar-refractivity contribution in [3.63, 3.8) is 0 Å². The van der Waals surface area contributed by atoms with Crippen molar-refractivity contribution in [3.8, 4) is 5.75 Å². The standard InChI is InChI=1S/C16H21N3O2/c1-16(10-9-11-3-7-13(21-2)8-4-11)14(17)18-15(20)19(16)12-5-6-12/h3-4,7-8,12H,5-6,9-10H2,1-2H3,(H2,17,18,20). The Morgan fingerprint density at radius 2 is 2.05 bits per heavy atom. The summed E-state index contributed by atoms with van der Waals surface area (Å²) >= 11 is 0. The second-order valence-electron chi connectivity index (χ2n) is 6.00. The van der Waals surface area contributed by atoms with Crippen LogP contribution in [-0.4, -0.2) is 35.5 Å². The molecule has 5 heteroatoms. The van der Waals surface area contributed by atoms with Gasteiger partial charge in [-0.05, 0) is 50.3 Å². The number of nitrogens with two attached hydrogens (primary N) is 1. The van der Waals surface area contributed by atoms with Gasteiger partial charge in [0.2, 0.25) is 0 Å². The van der Waals surface area contributed by atoms with Gasteiger partial charge in [-0.3, -0.25) is 0 Å². The van der Waals surface area contributed by atoms with Gasteiger partial charge in [-0.25, -0.2) is 4.79 Å². The minimum Gasteiger partial charge on any atom is -0.497 e. The van der Waals surface area contributed by atoms with Crippen molar-refractivity contribution >= 4 is 11.9 Å². The maximum atomic E-state index is 12.0. The van der Waals surface area contributed by atoms with E-state index in [-0.39, 0.29) is 6.03 Å². The van der Waals surface area contributed by atoms with E-state index in [2.05, 4.69) is 4.99 Å². The Morgan fingerprint density at radius 1 is 1.38 bits per heavy atom. The maximum absolute atomic E-state index is 12.0. The average Bonchev–Trinajstić information content (AvgIpc) is 3.27. The first-order chi connectivity index (χ1) is 10.0. The molecule has 2 aliphatic rings. The number of aryl methyl sites for hydroxylation is 1. The van der Waals surface area contributed by atoms with Crippen LogP contribution in [0.5, 0.6) is 5.75 Å². The third-order valence-corrected chi connectivity index (χ3v) is 4.48. The molecule has 1 aliphatic carbocycles. The number of hydrogen-bond donors (Lipinski definition) is 1. The fourth-order valence-corrected chi connectivity index (χ4v) is 2.93. The van der Waals surface area contributed by atoms with Crippen LogP contribution in [0.15, 0.2) is 29.3 Å². The monoisotopic (exact) mass is 287 g/mol. The summed E-state index contributed by atoms with van der Waals surface area (Å²) in [6.45, 7) is 2.03. The molecule has 0 radical (unpaired) electrons. The fourth-order valence-electron chi connectivity index (χ4n) is 2.93. The lowest BCUT2D eigenvalue weighted by Gasteiger charge is -2.35. The average molecular weight is 287 g/mol. The lowest BCUT2D eigenvalue weighted by molar-refractivity contribution is 0.168. The molecule has 0 saturated heterocycles. The molecule has 1 aromatic carbocycles. The number of nitrogens with zero attached hydrogens (tertiary/aromatic N) is 2. The van der Waals surface area contributed by atoms with E-state index in [0.717, 1.165) is 31.4 Å². The van der Waals surface area contributed by atoms with Gasteiger partial charge in [0.15, 0.2) is 0 Å². The number of ether oxygens (including phenoxy) is 1. The van der Waals surface area contributed by atoms with Gasteiger partial charge in [0, 0.05) is 6.04 Å². The summed E-state index contributed by atoms with van der Waals surface area (Å²) in [6, 6.07) is 8.15. The molecule has 0 bridgehead atoms. The number of hydrogen-bond acceptors (Lipinski definition) is 3. The van der Waals surface area contributed by atoms with Crippen molar-refractivity contribution in [2.75, 3.05) is 7.11 Å². The lowest BCUT2D eigenvalue weighted by Crippen LogP contribution is -2.53. The molecule has 1 saturated carbocycles. The van der Waals surface area contributed by atoms with Crippen LogP contribution < -0.4 is 10.5 Å². The Labute approximate surface area is 124 Å². The molecular formula is C16H21N3O2. The zero-order valence-electron chi connectivity index (χ0n) is 12.5. The van der Waals surface area contributed by atoms with Crippen LogP contribution in [0.1, 0.15) is 31.7 Å². The van der Waals surface area contributed by atoms with Crippen molar-refractivity contribution in [1.82, 2.24) is 4.90 Å². The van der Waals surface area contributed by atoms with Crippen LogP contribution >= 0.6 is 0 Å². The number of carbonyl (C=O) groups excluding carboxylic acids is 1. The minimum absolute atomic E-state index is 0.174. The van der Waals surface area contributed by atoms with Crippen molar-refractivity contribution in [2.24, 2.45) is 10.7 Å². The zero-order chi connectivity index (χ0) is 15.0. The molecule has 3 rings (SSSR count). The van der Waals surface area contributed by atoms with Crippen LogP contribution in [0.25, 0.3) is 0 Å². The van der Waals surface area contributed by atoms with Crippen LogP contribution in [0.3, 0.4) is 0 Å².